The number of hydrazone groups is 1. The molecule has 0 N–H and O–H groups in total. The highest BCUT2D eigenvalue weighted by Gasteiger charge is 2.48. The third-order valence-electron chi connectivity index (χ3n) is 5.62. The average Bonchev–Trinajstić information content (AvgIpc) is 2.94. The Labute approximate surface area is 168 Å². The molecule has 0 saturated carbocycles. The van der Waals surface area contributed by atoms with Gasteiger partial charge in [-0.2, -0.15) is 5.10 Å². The van der Waals surface area contributed by atoms with Crippen LogP contribution in [-0.4, -0.2) is 30.3 Å². The molecule has 2 heterocycles. The van der Waals surface area contributed by atoms with Crippen LogP contribution >= 0.6 is 6.42 Å². The molecule has 2 aliphatic heterocycles. The normalized spacial score (nSPS) is 27.6. The number of piperidine rings is 1. The highest BCUT2D eigenvalue weighted by atomic mass is 32.4. The molecule has 1 aliphatic carbocycles. The van der Waals surface area contributed by atoms with Crippen molar-refractivity contribution in [3.05, 3.63) is 41.3 Å². The SMILES string of the molecule is CCOP1(=S)C2=C(N3CCCCC3)CC(C)(C)CC2=NN1c1ccccc1. The number of benzene rings is 1. The summed E-state index contributed by atoms with van der Waals surface area (Å²) in [5.41, 5.74) is 3.82. The molecule has 0 radical (unpaired) electrons. The van der Waals surface area contributed by atoms with Gasteiger partial charge in [0.25, 0.3) is 0 Å². The highest BCUT2D eigenvalue weighted by molar-refractivity contribution is 8.15. The van der Waals surface area contributed by atoms with E-state index in [2.05, 4.69) is 30.9 Å². The number of fused-ring (bicyclic) bond motifs is 1. The van der Waals surface area contributed by atoms with Crippen molar-refractivity contribution in [2.75, 3.05) is 24.5 Å². The Hall–Kier alpha value is -1.16. The molecule has 6 heteroatoms. The number of hydrogen-bond donors (Lipinski definition) is 0. The quantitative estimate of drug-likeness (QED) is 0.601. The zero-order chi connectivity index (χ0) is 19.1. The van der Waals surface area contributed by atoms with Gasteiger partial charge in [-0.15, -0.1) is 0 Å². The van der Waals surface area contributed by atoms with Crippen LogP contribution in [0.3, 0.4) is 0 Å². The van der Waals surface area contributed by atoms with Crippen LogP contribution in [0.15, 0.2) is 46.4 Å². The van der Waals surface area contributed by atoms with Crippen molar-refractivity contribution in [3.63, 3.8) is 0 Å². The number of allylic oxidation sites excluding steroid dienone is 2. The van der Waals surface area contributed by atoms with E-state index in [9.17, 15) is 0 Å². The summed E-state index contributed by atoms with van der Waals surface area (Å²) in [6, 6.07) is 10.3. The minimum atomic E-state index is -2.41. The number of likely N-dealkylation sites (tertiary alicyclic amines) is 1. The monoisotopic (exact) mass is 403 g/mol. The first-order valence-corrected chi connectivity index (χ1v) is 12.8. The molecule has 27 heavy (non-hydrogen) atoms. The van der Waals surface area contributed by atoms with E-state index in [4.69, 9.17) is 21.4 Å². The van der Waals surface area contributed by atoms with Crippen molar-refractivity contribution in [3.8, 4) is 0 Å². The van der Waals surface area contributed by atoms with Gasteiger partial charge < -0.3 is 9.42 Å². The molecule has 146 valence electrons. The van der Waals surface area contributed by atoms with Crippen LogP contribution < -0.4 is 4.78 Å². The largest absolute Gasteiger partial charge is 0.374 e. The summed E-state index contributed by atoms with van der Waals surface area (Å²) in [7, 11) is 0. The first-order chi connectivity index (χ1) is 12.9. The van der Waals surface area contributed by atoms with Crippen molar-refractivity contribution in [2.45, 2.75) is 52.9 Å². The van der Waals surface area contributed by atoms with Crippen molar-refractivity contribution >= 4 is 29.6 Å². The third kappa shape index (κ3) is 3.50. The summed E-state index contributed by atoms with van der Waals surface area (Å²) in [4.78, 5) is 2.59. The first kappa shape index (κ1) is 19.2. The molecule has 1 saturated heterocycles. The Morgan fingerprint density at radius 3 is 2.48 bits per heavy atom. The zero-order valence-corrected chi connectivity index (χ0v) is 18.4. The summed E-state index contributed by atoms with van der Waals surface area (Å²) in [5.74, 6) is 0. The minimum Gasteiger partial charge on any atom is -0.374 e. The lowest BCUT2D eigenvalue weighted by Gasteiger charge is -2.41. The third-order valence-corrected chi connectivity index (χ3v) is 9.45. The molecule has 1 aromatic rings. The molecule has 4 rings (SSSR count). The van der Waals surface area contributed by atoms with Gasteiger partial charge in [-0.25, -0.2) is 4.78 Å². The lowest BCUT2D eigenvalue weighted by molar-refractivity contribution is 0.240. The van der Waals surface area contributed by atoms with Crippen LogP contribution in [0.5, 0.6) is 0 Å². The molecule has 0 spiro atoms. The summed E-state index contributed by atoms with van der Waals surface area (Å²) in [5, 5.41) is 6.33. The topological polar surface area (TPSA) is 28.1 Å². The lowest BCUT2D eigenvalue weighted by atomic mass is 9.78. The van der Waals surface area contributed by atoms with Crippen LogP contribution in [0.4, 0.5) is 5.69 Å². The maximum absolute atomic E-state index is 6.37. The molecule has 1 fully saturated rings. The van der Waals surface area contributed by atoms with Gasteiger partial charge >= 0.3 is 0 Å². The van der Waals surface area contributed by atoms with Crippen LogP contribution in [-0.2, 0) is 16.3 Å². The second-order valence-corrected chi connectivity index (χ2v) is 12.1. The fourth-order valence-electron chi connectivity index (χ4n) is 4.47. The lowest BCUT2D eigenvalue weighted by Crippen LogP contribution is -2.36. The predicted octanol–water partition coefficient (Wildman–Crippen LogP) is 5.73. The molecule has 3 aliphatic rings. The number of para-hydroxylation sites is 1. The number of rotatable bonds is 4. The van der Waals surface area contributed by atoms with Gasteiger partial charge in [0.2, 0.25) is 6.42 Å². The van der Waals surface area contributed by atoms with Crippen LogP contribution in [0, 0.1) is 5.41 Å². The van der Waals surface area contributed by atoms with E-state index in [1.54, 1.807) is 0 Å². The van der Waals surface area contributed by atoms with Gasteiger partial charge in [0.05, 0.1) is 23.3 Å². The van der Waals surface area contributed by atoms with E-state index in [0.717, 1.165) is 37.3 Å². The summed E-state index contributed by atoms with van der Waals surface area (Å²) < 4.78 is 8.41. The average molecular weight is 404 g/mol. The molecule has 4 nitrogen and oxygen atoms in total. The molecule has 0 amide bonds. The van der Waals surface area contributed by atoms with Gasteiger partial charge in [-0.05, 0) is 68.4 Å². The molecule has 1 unspecified atom stereocenters. The number of hydrogen-bond acceptors (Lipinski definition) is 4. The van der Waals surface area contributed by atoms with Crippen molar-refractivity contribution in [1.82, 2.24) is 4.90 Å². The second-order valence-electron chi connectivity index (χ2n) is 8.47. The second kappa shape index (κ2) is 7.35. The summed E-state index contributed by atoms with van der Waals surface area (Å²) in [6.45, 7) is 9.63. The number of nitrogens with zero attached hydrogens (tertiary/aromatic N) is 3. The van der Waals surface area contributed by atoms with Gasteiger partial charge in [0.1, 0.15) is 0 Å². The Balaban J connectivity index is 1.86. The van der Waals surface area contributed by atoms with E-state index < -0.39 is 6.42 Å². The molecule has 1 aromatic carbocycles. The Bertz CT molecular complexity index is 812. The first-order valence-electron chi connectivity index (χ1n) is 10.1. The highest BCUT2D eigenvalue weighted by Crippen LogP contribution is 2.68. The Morgan fingerprint density at radius 2 is 1.81 bits per heavy atom. The van der Waals surface area contributed by atoms with Crippen LogP contribution in [0.2, 0.25) is 0 Å². The molecular weight excluding hydrogens is 373 g/mol. The van der Waals surface area contributed by atoms with Crippen LogP contribution in [0.1, 0.15) is 52.9 Å². The maximum atomic E-state index is 6.37. The fraction of sp³-hybridized carbons (Fsp3) is 0.571. The van der Waals surface area contributed by atoms with Gasteiger partial charge in [0.15, 0.2) is 0 Å². The van der Waals surface area contributed by atoms with Gasteiger partial charge in [0, 0.05) is 18.8 Å². The molecule has 1 atom stereocenters. The van der Waals surface area contributed by atoms with Crippen molar-refractivity contribution in [2.24, 2.45) is 10.5 Å². The molecule has 0 bridgehead atoms. The fourth-order valence-corrected chi connectivity index (χ4v) is 8.25. The smallest absolute Gasteiger partial charge is 0.209 e. The van der Waals surface area contributed by atoms with Gasteiger partial charge in [-0.3, -0.25) is 0 Å². The Morgan fingerprint density at radius 1 is 1.11 bits per heavy atom. The van der Waals surface area contributed by atoms with Gasteiger partial charge in [-0.1, -0.05) is 32.0 Å². The zero-order valence-electron chi connectivity index (χ0n) is 16.6. The predicted molar refractivity (Wildman–Crippen MR) is 118 cm³/mol. The van der Waals surface area contributed by atoms with Crippen LogP contribution in [0.25, 0.3) is 0 Å². The standard InChI is InChI=1S/C21H30N3OPS/c1-4-25-26(27)20-18(22-24(26)17-11-7-5-8-12-17)15-21(2,3)16-19(20)23-13-9-6-10-14-23/h5,7-8,11-12H,4,6,9-10,13-16H2,1-3H3. The number of anilines is 1. The Kier molecular flexibility index (Phi) is 5.22. The maximum Gasteiger partial charge on any atom is 0.209 e. The van der Waals surface area contributed by atoms with E-state index in [1.807, 2.05) is 29.9 Å². The van der Waals surface area contributed by atoms with E-state index >= 15 is 0 Å². The molecular formula is C21H30N3OPS. The molecule has 0 aromatic heterocycles. The van der Waals surface area contributed by atoms with E-state index in [-0.39, 0.29) is 5.41 Å². The van der Waals surface area contributed by atoms with E-state index in [0.29, 0.717) is 6.61 Å². The summed E-state index contributed by atoms with van der Waals surface area (Å²) in [6.07, 6.45) is 3.49. The van der Waals surface area contributed by atoms with E-state index in [1.165, 1.54) is 30.3 Å². The summed E-state index contributed by atoms with van der Waals surface area (Å²) >= 11 is 6.30. The minimum absolute atomic E-state index is 0.203. The van der Waals surface area contributed by atoms with Crippen molar-refractivity contribution in [1.29, 1.82) is 0 Å². The van der Waals surface area contributed by atoms with Crippen molar-refractivity contribution < 1.29 is 4.52 Å².